The average molecular weight is 262 g/mol. The van der Waals surface area contributed by atoms with Crippen LogP contribution in [0.25, 0.3) is 0 Å². The molecule has 1 fully saturated rings. The lowest BCUT2D eigenvalue weighted by Crippen LogP contribution is -2.37. The second-order valence-corrected chi connectivity index (χ2v) is 5.28. The standard InChI is InChI=1S/C15H22N2O2/c1-11(10-12-6-4-5-9-16-12)17-14-8-3-2-7-13(14)15(18)19/h2-3,7-8,11-12,16-17H,4-6,9-10H2,1H3,(H,18,19). The first-order valence-corrected chi connectivity index (χ1v) is 6.99. The highest BCUT2D eigenvalue weighted by atomic mass is 16.4. The number of carbonyl (C=O) groups is 1. The van der Waals surface area contributed by atoms with Gasteiger partial charge in [0.25, 0.3) is 0 Å². The van der Waals surface area contributed by atoms with Crippen LogP contribution in [0.4, 0.5) is 5.69 Å². The van der Waals surface area contributed by atoms with Crippen LogP contribution in [0.15, 0.2) is 24.3 Å². The van der Waals surface area contributed by atoms with Gasteiger partial charge in [-0.3, -0.25) is 0 Å². The van der Waals surface area contributed by atoms with Crippen LogP contribution in [0.2, 0.25) is 0 Å². The smallest absolute Gasteiger partial charge is 0.337 e. The van der Waals surface area contributed by atoms with Gasteiger partial charge in [0, 0.05) is 17.8 Å². The van der Waals surface area contributed by atoms with Crippen LogP contribution >= 0.6 is 0 Å². The summed E-state index contributed by atoms with van der Waals surface area (Å²) < 4.78 is 0. The van der Waals surface area contributed by atoms with E-state index in [4.69, 9.17) is 5.11 Å². The van der Waals surface area contributed by atoms with Crippen molar-refractivity contribution in [2.45, 2.75) is 44.7 Å². The Bertz CT molecular complexity index is 428. The van der Waals surface area contributed by atoms with Gasteiger partial charge in [0.2, 0.25) is 0 Å². The normalized spacial score (nSPS) is 20.8. The third-order valence-electron chi connectivity index (χ3n) is 3.61. The summed E-state index contributed by atoms with van der Waals surface area (Å²) in [6, 6.07) is 7.89. The van der Waals surface area contributed by atoms with Crippen molar-refractivity contribution in [1.29, 1.82) is 0 Å². The summed E-state index contributed by atoms with van der Waals surface area (Å²) in [4.78, 5) is 11.1. The summed E-state index contributed by atoms with van der Waals surface area (Å²) in [5.74, 6) is -0.883. The molecule has 4 heteroatoms. The molecule has 2 unspecified atom stereocenters. The Balaban J connectivity index is 1.94. The lowest BCUT2D eigenvalue weighted by Gasteiger charge is -2.27. The minimum Gasteiger partial charge on any atom is -0.478 e. The molecule has 0 spiro atoms. The van der Waals surface area contributed by atoms with E-state index in [2.05, 4.69) is 17.6 Å². The highest BCUT2D eigenvalue weighted by molar-refractivity contribution is 5.94. The first kappa shape index (κ1) is 13.9. The van der Waals surface area contributed by atoms with E-state index < -0.39 is 5.97 Å². The molecule has 0 aliphatic carbocycles. The van der Waals surface area contributed by atoms with Crippen LogP contribution < -0.4 is 10.6 Å². The van der Waals surface area contributed by atoms with E-state index >= 15 is 0 Å². The molecule has 1 heterocycles. The molecular weight excluding hydrogens is 240 g/mol. The molecule has 19 heavy (non-hydrogen) atoms. The van der Waals surface area contributed by atoms with Gasteiger partial charge in [-0.15, -0.1) is 0 Å². The number of nitrogens with one attached hydrogen (secondary N) is 2. The third kappa shape index (κ3) is 3.96. The van der Waals surface area contributed by atoms with E-state index in [1.807, 2.05) is 12.1 Å². The first-order chi connectivity index (χ1) is 9.16. The Morgan fingerprint density at radius 1 is 1.47 bits per heavy atom. The van der Waals surface area contributed by atoms with E-state index in [1.54, 1.807) is 12.1 Å². The van der Waals surface area contributed by atoms with Crippen molar-refractivity contribution in [2.75, 3.05) is 11.9 Å². The molecular formula is C15H22N2O2. The van der Waals surface area contributed by atoms with E-state index in [0.717, 1.165) is 13.0 Å². The summed E-state index contributed by atoms with van der Waals surface area (Å²) in [6.45, 7) is 3.21. The molecule has 0 radical (unpaired) electrons. The zero-order valence-electron chi connectivity index (χ0n) is 11.4. The van der Waals surface area contributed by atoms with Crippen LogP contribution in [0, 0.1) is 0 Å². The maximum absolute atomic E-state index is 11.1. The molecule has 0 amide bonds. The molecule has 1 aromatic carbocycles. The number of piperidine rings is 1. The summed E-state index contributed by atoms with van der Waals surface area (Å²) >= 11 is 0. The number of rotatable bonds is 5. The van der Waals surface area contributed by atoms with Gasteiger partial charge in [-0.1, -0.05) is 18.6 Å². The van der Waals surface area contributed by atoms with E-state index in [0.29, 0.717) is 17.3 Å². The molecule has 3 N–H and O–H groups in total. The maximum Gasteiger partial charge on any atom is 0.337 e. The fraction of sp³-hybridized carbons (Fsp3) is 0.533. The zero-order valence-corrected chi connectivity index (χ0v) is 11.4. The summed E-state index contributed by atoms with van der Waals surface area (Å²) in [5.41, 5.74) is 1.05. The van der Waals surface area contributed by atoms with Crippen molar-refractivity contribution in [3.8, 4) is 0 Å². The average Bonchev–Trinajstić information content (AvgIpc) is 2.40. The second kappa shape index (κ2) is 6.57. The van der Waals surface area contributed by atoms with Crippen LogP contribution in [-0.2, 0) is 0 Å². The molecule has 2 rings (SSSR count). The molecule has 0 aromatic heterocycles. The Labute approximate surface area is 114 Å². The number of anilines is 1. The predicted molar refractivity (Wildman–Crippen MR) is 76.7 cm³/mol. The maximum atomic E-state index is 11.1. The Hall–Kier alpha value is -1.55. The van der Waals surface area contributed by atoms with Gasteiger partial charge < -0.3 is 15.7 Å². The minimum atomic E-state index is -0.883. The lowest BCUT2D eigenvalue weighted by molar-refractivity contribution is 0.0698. The molecule has 4 nitrogen and oxygen atoms in total. The molecule has 1 aliphatic rings. The number of aromatic carboxylic acids is 1. The topological polar surface area (TPSA) is 61.4 Å². The van der Waals surface area contributed by atoms with Gasteiger partial charge in [-0.05, 0) is 44.9 Å². The number of para-hydroxylation sites is 1. The summed E-state index contributed by atoms with van der Waals surface area (Å²) in [6.07, 6.45) is 4.79. The molecule has 2 atom stereocenters. The van der Waals surface area contributed by atoms with Crippen LogP contribution in [0.5, 0.6) is 0 Å². The lowest BCUT2D eigenvalue weighted by atomic mass is 9.98. The first-order valence-electron chi connectivity index (χ1n) is 6.99. The van der Waals surface area contributed by atoms with Crippen molar-refractivity contribution in [1.82, 2.24) is 5.32 Å². The van der Waals surface area contributed by atoms with E-state index in [9.17, 15) is 4.79 Å². The number of carboxylic acid groups (broad SMARTS) is 1. The van der Waals surface area contributed by atoms with Crippen LogP contribution in [-0.4, -0.2) is 29.7 Å². The molecule has 104 valence electrons. The summed E-state index contributed by atoms with van der Waals surface area (Å²) in [5, 5.41) is 16.0. The van der Waals surface area contributed by atoms with E-state index in [1.165, 1.54) is 19.3 Å². The fourth-order valence-electron chi connectivity index (χ4n) is 2.67. The Morgan fingerprint density at radius 3 is 2.95 bits per heavy atom. The highest BCUT2D eigenvalue weighted by Crippen LogP contribution is 2.19. The Morgan fingerprint density at radius 2 is 2.26 bits per heavy atom. The van der Waals surface area contributed by atoms with Crippen molar-refractivity contribution >= 4 is 11.7 Å². The number of benzene rings is 1. The third-order valence-corrected chi connectivity index (χ3v) is 3.61. The highest BCUT2D eigenvalue weighted by Gasteiger charge is 2.17. The van der Waals surface area contributed by atoms with Crippen molar-refractivity contribution in [3.63, 3.8) is 0 Å². The molecule has 0 saturated carbocycles. The van der Waals surface area contributed by atoms with Gasteiger partial charge in [-0.2, -0.15) is 0 Å². The quantitative estimate of drug-likeness (QED) is 0.763. The zero-order chi connectivity index (χ0) is 13.7. The van der Waals surface area contributed by atoms with Crippen molar-refractivity contribution in [2.24, 2.45) is 0 Å². The predicted octanol–water partition coefficient (Wildman–Crippen LogP) is 2.72. The number of hydrogen-bond acceptors (Lipinski definition) is 3. The second-order valence-electron chi connectivity index (χ2n) is 5.28. The molecule has 1 saturated heterocycles. The van der Waals surface area contributed by atoms with Gasteiger partial charge in [0.1, 0.15) is 0 Å². The van der Waals surface area contributed by atoms with Crippen molar-refractivity contribution < 1.29 is 9.90 Å². The number of hydrogen-bond donors (Lipinski definition) is 3. The van der Waals surface area contributed by atoms with Crippen LogP contribution in [0.3, 0.4) is 0 Å². The van der Waals surface area contributed by atoms with Gasteiger partial charge >= 0.3 is 5.97 Å². The van der Waals surface area contributed by atoms with Gasteiger partial charge in [0.15, 0.2) is 0 Å². The Kier molecular flexibility index (Phi) is 4.80. The fourth-order valence-corrected chi connectivity index (χ4v) is 2.67. The molecule has 1 aliphatic heterocycles. The molecule has 1 aromatic rings. The van der Waals surface area contributed by atoms with Gasteiger partial charge in [-0.25, -0.2) is 4.79 Å². The summed E-state index contributed by atoms with van der Waals surface area (Å²) in [7, 11) is 0. The van der Waals surface area contributed by atoms with Crippen molar-refractivity contribution in [3.05, 3.63) is 29.8 Å². The SMILES string of the molecule is CC(CC1CCCCN1)Nc1ccccc1C(=O)O. The minimum absolute atomic E-state index is 0.260. The van der Waals surface area contributed by atoms with Crippen LogP contribution in [0.1, 0.15) is 43.0 Å². The monoisotopic (exact) mass is 262 g/mol. The van der Waals surface area contributed by atoms with Gasteiger partial charge in [0.05, 0.1) is 5.56 Å². The number of carboxylic acids is 1. The largest absolute Gasteiger partial charge is 0.478 e. The van der Waals surface area contributed by atoms with E-state index in [-0.39, 0.29) is 6.04 Å². The molecule has 0 bridgehead atoms.